The first-order valence-corrected chi connectivity index (χ1v) is 6.78. The van der Waals surface area contributed by atoms with Gasteiger partial charge >= 0.3 is 6.09 Å². The van der Waals surface area contributed by atoms with Crippen LogP contribution in [0.25, 0.3) is 10.9 Å². The van der Waals surface area contributed by atoms with Gasteiger partial charge in [0.1, 0.15) is 18.0 Å². The molecule has 0 spiro atoms. The zero-order chi connectivity index (χ0) is 14.8. The molecule has 110 valence electrons. The van der Waals surface area contributed by atoms with Crippen LogP contribution in [0.4, 0.5) is 15.0 Å². The van der Waals surface area contributed by atoms with Crippen molar-refractivity contribution >= 4 is 22.8 Å². The highest BCUT2D eigenvalue weighted by atomic mass is 19.1. The summed E-state index contributed by atoms with van der Waals surface area (Å²) in [6.45, 7) is 1.41. The number of carbonyl (C=O) groups is 1. The van der Waals surface area contributed by atoms with Gasteiger partial charge in [0.05, 0.1) is 5.52 Å². The number of piperidine rings is 1. The Morgan fingerprint density at radius 3 is 2.81 bits per heavy atom. The molecule has 1 amide bonds. The van der Waals surface area contributed by atoms with Crippen molar-refractivity contribution in [3.8, 4) is 0 Å². The average molecular weight is 290 g/mol. The monoisotopic (exact) mass is 290 g/mol. The highest BCUT2D eigenvalue weighted by Crippen LogP contribution is 2.26. The van der Waals surface area contributed by atoms with Crippen LogP contribution < -0.4 is 10.2 Å². The predicted octanol–water partition coefficient (Wildman–Crippen LogP) is 2.01. The number of fused-ring (bicyclic) bond motifs is 1. The number of hydrogen-bond acceptors (Lipinski definition) is 4. The van der Waals surface area contributed by atoms with Crippen LogP contribution in [-0.2, 0) is 0 Å². The SMILES string of the molecule is O=C(O)NC1CCN(c2ncnc3cc(F)ccc23)CC1. The van der Waals surface area contributed by atoms with E-state index in [4.69, 9.17) is 5.11 Å². The lowest BCUT2D eigenvalue weighted by Gasteiger charge is -2.33. The van der Waals surface area contributed by atoms with Crippen LogP contribution in [0.5, 0.6) is 0 Å². The Morgan fingerprint density at radius 1 is 1.33 bits per heavy atom. The Bertz CT molecular complexity index is 671. The largest absolute Gasteiger partial charge is 0.465 e. The molecule has 0 atom stereocenters. The van der Waals surface area contributed by atoms with Crippen LogP contribution in [0, 0.1) is 5.82 Å². The summed E-state index contributed by atoms with van der Waals surface area (Å²) in [6, 6.07) is 4.44. The molecule has 0 aliphatic carbocycles. The summed E-state index contributed by atoms with van der Waals surface area (Å²) in [5.74, 6) is 0.449. The smallest absolute Gasteiger partial charge is 0.404 e. The van der Waals surface area contributed by atoms with Crippen LogP contribution in [0.15, 0.2) is 24.5 Å². The number of halogens is 1. The van der Waals surface area contributed by atoms with E-state index in [9.17, 15) is 9.18 Å². The number of nitrogens with zero attached hydrogens (tertiary/aromatic N) is 3. The molecular weight excluding hydrogens is 275 g/mol. The van der Waals surface area contributed by atoms with Gasteiger partial charge in [0, 0.05) is 30.6 Å². The van der Waals surface area contributed by atoms with Crippen molar-refractivity contribution in [2.45, 2.75) is 18.9 Å². The topological polar surface area (TPSA) is 78.4 Å². The first-order valence-electron chi connectivity index (χ1n) is 6.78. The van der Waals surface area contributed by atoms with Gasteiger partial charge in [-0.05, 0) is 25.0 Å². The first kappa shape index (κ1) is 13.5. The van der Waals surface area contributed by atoms with Gasteiger partial charge < -0.3 is 15.3 Å². The Morgan fingerprint density at radius 2 is 2.10 bits per heavy atom. The van der Waals surface area contributed by atoms with E-state index in [1.165, 1.54) is 18.5 Å². The molecule has 21 heavy (non-hydrogen) atoms. The number of amides is 1. The normalized spacial score (nSPS) is 16.1. The summed E-state index contributed by atoms with van der Waals surface area (Å²) in [6.07, 6.45) is 1.88. The van der Waals surface area contributed by atoms with E-state index in [0.717, 1.165) is 24.0 Å². The number of anilines is 1. The van der Waals surface area contributed by atoms with E-state index >= 15 is 0 Å². The Labute approximate surface area is 120 Å². The van der Waals surface area contributed by atoms with Crippen molar-refractivity contribution in [1.29, 1.82) is 0 Å². The summed E-state index contributed by atoms with van der Waals surface area (Å²) >= 11 is 0. The van der Waals surface area contributed by atoms with Crippen LogP contribution in [0.2, 0.25) is 0 Å². The Balaban J connectivity index is 1.81. The maximum atomic E-state index is 13.2. The maximum Gasteiger partial charge on any atom is 0.404 e. The molecule has 1 fully saturated rings. The number of carboxylic acid groups (broad SMARTS) is 1. The van der Waals surface area contributed by atoms with Gasteiger partial charge in [-0.1, -0.05) is 0 Å². The lowest BCUT2D eigenvalue weighted by molar-refractivity contribution is 0.187. The summed E-state index contributed by atoms with van der Waals surface area (Å²) in [5, 5.41) is 12.0. The van der Waals surface area contributed by atoms with Crippen LogP contribution in [0.3, 0.4) is 0 Å². The summed E-state index contributed by atoms with van der Waals surface area (Å²) in [7, 11) is 0. The van der Waals surface area contributed by atoms with Crippen LogP contribution in [-0.4, -0.2) is 40.3 Å². The van der Waals surface area contributed by atoms with Gasteiger partial charge in [0.2, 0.25) is 0 Å². The van der Waals surface area contributed by atoms with Crippen molar-refractivity contribution < 1.29 is 14.3 Å². The molecule has 1 aromatic carbocycles. The molecule has 2 N–H and O–H groups in total. The fourth-order valence-electron chi connectivity index (χ4n) is 2.68. The first-order chi connectivity index (χ1) is 10.1. The standard InChI is InChI=1S/C14H15FN4O2/c15-9-1-2-11-12(7-9)16-8-17-13(11)19-5-3-10(4-6-19)18-14(20)21/h1-2,7-8,10,18H,3-6H2,(H,20,21). The molecule has 3 rings (SSSR count). The van der Waals surface area contributed by atoms with E-state index < -0.39 is 6.09 Å². The van der Waals surface area contributed by atoms with E-state index in [1.807, 2.05) is 0 Å². The number of benzene rings is 1. The van der Waals surface area contributed by atoms with Crippen molar-refractivity contribution in [2.75, 3.05) is 18.0 Å². The van der Waals surface area contributed by atoms with E-state index in [-0.39, 0.29) is 11.9 Å². The van der Waals surface area contributed by atoms with Gasteiger partial charge in [0.25, 0.3) is 0 Å². The molecular formula is C14H15FN4O2. The Hall–Kier alpha value is -2.44. The molecule has 0 radical (unpaired) electrons. The molecule has 1 aliphatic rings. The van der Waals surface area contributed by atoms with Crippen molar-refractivity contribution in [2.24, 2.45) is 0 Å². The fraction of sp³-hybridized carbons (Fsp3) is 0.357. The minimum Gasteiger partial charge on any atom is -0.465 e. The molecule has 6 nitrogen and oxygen atoms in total. The number of rotatable bonds is 2. The quantitative estimate of drug-likeness (QED) is 0.884. The van der Waals surface area contributed by atoms with Gasteiger partial charge in [0.15, 0.2) is 0 Å². The highest BCUT2D eigenvalue weighted by molar-refractivity contribution is 5.89. The summed E-state index contributed by atoms with van der Waals surface area (Å²) in [4.78, 5) is 21.1. The van der Waals surface area contributed by atoms with Crippen molar-refractivity contribution in [3.05, 3.63) is 30.3 Å². The zero-order valence-electron chi connectivity index (χ0n) is 11.3. The second kappa shape index (κ2) is 5.51. The van der Waals surface area contributed by atoms with Gasteiger partial charge in [-0.2, -0.15) is 0 Å². The van der Waals surface area contributed by atoms with Crippen LogP contribution in [0.1, 0.15) is 12.8 Å². The molecule has 2 heterocycles. The van der Waals surface area contributed by atoms with Gasteiger partial charge in [-0.3, -0.25) is 0 Å². The summed E-state index contributed by atoms with van der Waals surface area (Å²) in [5.41, 5.74) is 0.575. The molecule has 2 aromatic rings. The molecule has 7 heteroatoms. The third-order valence-electron chi connectivity index (χ3n) is 3.70. The van der Waals surface area contributed by atoms with E-state index in [0.29, 0.717) is 18.6 Å². The molecule has 1 saturated heterocycles. The van der Waals surface area contributed by atoms with Gasteiger partial charge in [-0.25, -0.2) is 19.2 Å². The van der Waals surface area contributed by atoms with Crippen LogP contribution >= 0.6 is 0 Å². The van der Waals surface area contributed by atoms with E-state index in [2.05, 4.69) is 20.2 Å². The fourth-order valence-corrected chi connectivity index (χ4v) is 2.68. The van der Waals surface area contributed by atoms with E-state index in [1.54, 1.807) is 6.07 Å². The lowest BCUT2D eigenvalue weighted by atomic mass is 10.0. The lowest BCUT2D eigenvalue weighted by Crippen LogP contribution is -2.44. The van der Waals surface area contributed by atoms with Crippen molar-refractivity contribution in [3.63, 3.8) is 0 Å². The number of hydrogen-bond donors (Lipinski definition) is 2. The second-order valence-corrected chi connectivity index (χ2v) is 5.07. The van der Waals surface area contributed by atoms with Gasteiger partial charge in [-0.15, -0.1) is 0 Å². The summed E-state index contributed by atoms with van der Waals surface area (Å²) < 4.78 is 13.2. The third-order valence-corrected chi connectivity index (χ3v) is 3.70. The number of nitrogens with one attached hydrogen (secondary N) is 1. The number of aromatic nitrogens is 2. The minimum atomic E-state index is -0.989. The molecule has 1 aliphatic heterocycles. The predicted molar refractivity (Wildman–Crippen MR) is 75.9 cm³/mol. The average Bonchev–Trinajstić information content (AvgIpc) is 2.46. The van der Waals surface area contributed by atoms with Crippen molar-refractivity contribution in [1.82, 2.24) is 15.3 Å². The third kappa shape index (κ3) is 2.86. The highest BCUT2D eigenvalue weighted by Gasteiger charge is 2.22. The Kier molecular flexibility index (Phi) is 3.55. The molecule has 0 bridgehead atoms. The minimum absolute atomic E-state index is 0.0238. The molecule has 0 saturated carbocycles. The molecule has 1 aromatic heterocycles. The second-order valence-electron chi connectivity index (χ2n) is 5.07. The maximum absolute atomic E-state index is 13.2. The molecule has 0 unspecified atom stereocenters. The zero-order valence-corrected chi connectivity index (χ0v) is 11.3.